The minimum atomic E-state index is -0.662. The third-order valence-corrected chi connectivity index (χ3v) is 7.04. The lowest BCUT2D eigenvalue weighted by atomic mass is 10.2. The Kier molecular flexibility index (Phi) is 8.76. The van der Waals surface area contributed by atoms with E-state index in [1.807, 2.05) is 88.4 Å². The minimum Gasteiger partial charge on any atom is -0.461 e. The van der Waals surface area contributed by atoms with Crippen molar-refractivity contribution in [3.63, 3.8) is 0 Å². The van der Waals surface area contributed by atoms with E-state index in [2.05, 4.69) is 10.6 Å². The predicted octanol–water partition coefficient (Wildman–Crippen LogP) is 4.70. The summed E-state index contributed by atoms with van der Waals surface area (Å²) in [6, 6.07) is 20.4. The molecule has 2 unspecified atom stereocenters. The largest absolute Gasteiger partial charge is 0.461 e. The van der Waals surface area contributed by atoms with E-state index in [-0.39, 0.29) is 37.4 Å². The minimum absolute atomic E-state index is 0.167. The van der Waals surface area contributed by atoms with E-state index in [1.54, 1.807) is 0 Å². The number of aromatic nitrogens is 4. The molecule has 4 heterocycles. The van der Waals surface area contributed by atoms with E-state index < -0.39 is 11.6 Å². The van der Waals surface area contributed by atoms with Gasteiger partial charge in [0.15, 0.2) is 23.2 Å². The van der Waals surface area contributed by atoms with Gasteiger partial charge in [0, 0.05) is 13.1 Å². The van der Waals surface area contributed by atoms with Crippen LogP contribution in [0.2, 0.25) is 0 Å². The number of benzene rings is 2. The van der Waals surface area contributed by atoms with Gasteiger partial charge < -0.3 is 39.1 Å². The van der Waals surface area contributed by atoms with Crippen LogP contribution in [0.15, 0.2) is 60.7 Å². The molecule has 2 aliphatic rings. The second-order valence-electron chi connectivity index (χ2n) is 11.6. The number of fused-ring (bicyclic) bond motifs is 1. The molecule has 0 amide bonds. The van der Waals surface area contributed by atoms with Crippen molar-refractivity contribution < 1.29 is 28.4 Å². The molecule has 2 atom stereocenters. The van der Waals surface area contributed by atoms with Gasteiger partial charge in [-0.05, 0) is 38.8 Å². The smallest absolute Gasteiger partial charge is 0.319 e. The van der Waals surface area contributed by atoms with Crippen LogP contribution in [0.3, 0.4) is 0 Å². The van der Waals surface area contributed by atoms with Crippen LogP contribution < -0.4 is 20.1 Å². The van der Waals surface area contributed by atoms with E-state index in [0.29, 0.717) is 49.0 Å². The first-order valence-corrected chi connectivity index (χ1v) is 14.8. The van der Waals surface area contributed by atoms with E-state index in [0.717, 1.165) is 11.1 Å². The lowest BCUT2D eigenvalue weighted by molar-refractivity contribution is -0.142. The SMILES string of the molecule is CC1(C)OCC(COc2nc(NCc3ccccc3)c3nc(OCC4COC(C)(C)O4)nc(NCc4ccccc4)c3n2)O1. The van der Waals surface area contributed by atoms with Gasteiger partial charge in [-0.2, -0.15) is 19.9 Å². The van der Waals surface area contributed by atoms with Crippen molar-refractivity contribution in [2.75, 3.05) is 37.1 Å². The van der Waals surface area contributed by atoms with Crippen molar-refractivity contribution in [1.82, 2.24) is 19.9 Å². The third-order valence-electron chi connectivity index (χ3n) is 7.04. The number of rotatable bonds is 12. The Morgan fingerprint density at radius 1 is 0.636 bits per heavy atom. The first-order chi connectivity index (χ1) is 21.2. The molecule has 2 aromatic heterocycles. The van der Waals surface area contributed by atoms with Gasteiger partial charge in [0.25, 0.3) is 0 Å². The van der Waals surface area contributed by atoms with Gasteiger partial charge in [-0.1, -0.05) is 60.7 Å². The van der Waals surface area contributed by atoms with Crippen molar-refractivity contribution in [2.45, 2.75) is 64.6 Å². The van der Waals surface area contributed by atoms with Gasteiger partial charge >= 0.3 is 12.0 Å². The number of hydrogen-bond donors (Lipinski definition) is 2. The second-order valence-corrected chi connectivity index (χ2v) is 11.6. The summed E-state index contributed by atoms with van der Waals surface area (Å²) in [4.78, 5) is 18.9. The summed E-state index contributed by atoms with van der Waals surface area (Å²) in [5.41, 5.74) is 3.13. The van der Waals surface area contributed by atoms with Gasteiger partial charge in [-0.15, -0.1) is 0 Å². The summed E-state index contributed by atoms with van der Waals surface area (Å²) in [7, 11) is 0. The van der Waals surface area contributed by atoms with Crippen molar-refractivity contribution >= 4 is 22.7 Å². The van der Waals surface area contributed by atoms with Gasteiger partial charge in [0.2, 0.25) is 0 Å². The highest BCUT2D eigenvalue weighted by molar-refractivity contribution is 5.93. The van der Waals surface area contributed by atoms with Crippen LogP contribution in [-0.4, -0.2) is 70.1 Å². The zero-order valence-electron chi connectivity index (χ0n) is 25.4. The Morgan fingerprint density at radius 3 is 1.41 bits per heavy atom. The van der Waals surface area contributed by atoms with Crippen LogP contribution in [-0.2, 0) is 32.0 Å². The fraction of sp³-hybridized carbons (Fsp3) is 0.438. The molecular weight excluding hydrogens is 564 g/mol. The molecule has 2 saturated heterocycles. The normalized spacial score (nSPS) is 20.5. The van der Waals surface area contributed by atoms with E-state index >= 15 is 0 Å². The fourth-order valence-electron chi connectivity index (χ4n) is 4.94. The molecule has 0 aliphatic carbocycles. The Labute approximate surface area is 256 Å². The summed E-state index contributed by atoms with van der Waals surface area (Å²) < 4.78 is 35.3. The summed E-state index contributed by atoms with van der Waals surface area (Å²) in [5.74, 6) is -0.362. The Balaban J connectivity index is 1.32. The average molecular weight is 603 g/mol. The zero-order valence-corrected chi connectivity index (χ0v) is 25.4. The van der Waals surface area contributed by atoms with Crippen LogP contribution in [0.4, 0.5) is 11.6 Å². The monoisotopic (exact) mass is 602 g/mol. The molecule has 6 rings (SSSR count). The van der Waals surface area contributed by atoms with E-state index in [1.165, 1.54) is 0 Å². The maximum atomic E-state index is 6.05. The molecule has 4 aromatic rings. The molecule has 232 valence electrons. The number of hydrogen-bond acceptors (Lipinski definition) is 12. The van der Waals surface area contributed by atoms with Crippen molar-refractivity contribution in [3.05, 3.63) is 71.8 Å². The Hall–Kier alpha value is -4.10. The van der Waals surface area contributed by atoms with Crippen LogP contribution in [0.25, 0.3) is 11.0 Å². The van der Waals surface area contributed by atoms with Gasteiger partial charge in [-0.25, -0.2) is 0 Å². The second kappa shape index (κ2) is 12.9. The lowest BCUT2D eigenvalue weighted by Crippen LogP contribution is -2.25. The standard InChI is InChI=1S/C32H38N6O6/c1-31(2)41-19-23(43-31)17-39-29-35-25-26(27(37-29)33-15-21-11-7-5-8-12-21)36-30(40-18-24-20-42-32(3,4)44-24)38-28(25)34-16-22-13-9-6-10-14-22/h5-14,23-24H,15-20H2,1-4H3,(H,33,35,37)(H,34,36,38). The molecule has 12 heteroatoms. The summed E-state index contributed by atoms with van der Waals surface area (Å²) >= 11 is 0. The van der Waals surface area contributed by atoms with E-state index in [9.17, 15) is 0 Å². The molecule has 0 bridgehead atoms. The summed E-state index contributed by atoms with van der Waals surface area (Å²) in [6.07, 6.45) is -0.501. The maximum absolute atomic E-state index is 6.05. The van der Waals surface area contributed by atoms with Crippen molar-refractivity contribution in [3.8, 4) is 12.0 Å². The van der Waals surface area contributed by atoms with Gasteiger partial charge in [-0.3, -0.25) is 0 Å². The highest BCUT2D eigenvalue weighted by Gasteiger charge is 2.34. The van der Waals surface area contributed by atoms with Gasteiger partial charge in [0.05, 0.1) is 13.2 Å². The molecule has 0 radical (unpaired) electrons. The van der Waals surface area contributed by atoms with Crippen LogP contribution in [0.1, 0.15) is 38.8 Å². The molecular formula is C32H38N6O6. The van der Waals surface area contributed by atoms with Crippen LogP contribution >= 0.6 is 0 Å². The third kappa shape index (κ3) is 7.69. The summed E-state index contributed by atoms with van der Waals surface area (Å²) in [5, 5.41) is 6.83. The summed E-state index contributed by atoms with van der Waals surface area (Å²) in [6.45, 7) is 9.80. The molecule has 12 nitrogen and oxygen atoms in total. The van der Waals surface area contributed by atoms with Crippen LogP contribution in [0, 0.1) is 0 Å². The Morgan fingerprint density at radius 2 is 1.05 bits per heavy atom. The fourth-order valence-corrected chi connectivity index (χ4v) is 4.94. The van der Waals surface area contributed by atoms with Crippen LogP contribution in [0.5, 0.6) is 12.0 Å². The molecule has 2 aromatic carbocycles. The Bertz CT molecular complexity index is 1440. The molecule has 44 heavy (non-hydrogen) atoms. The highest BCUT2D eigenvalue weighted by atomic mass is 16.8. The number of nitrogens with zero attached hydrogens (tertiary/aromatic N) is 4. The number of nitrogens with one attached hydrogen (secondary N) is 2. The quantitative estimate of drug-likeness (QED) is 0.233. The molecule has 2 fully saturated rings. The maximum Gasteiger partial charge on any atom is 0.319 e. The highest BCUT2D eigenvalue weighted by Crippen LogP contribution is 2.30. The molecule has 0 spiro atoms. The van der Waals surface area contributed by atoms with Crippen molar-refractivity contribution in [1.29, 1.82) is 0 Å². The van der Waals surface area contributed by atoms with Gasteiger partial charge in [0.1, 0.15) is 36.5 Å². The molecule has 2 aliphatic heterocycles. The predicted molar refractivity (Wildman–Crippen MR) is 163 cm³/mol. The number of anilines is 2. The molecule has 2 N–H and O–H groups in total. The first kappa shape index (κ1) is 29.9. The topological polar surface area (TPSA) is 131 Å². The first-order valence-electron chi connectivity index (χ1n) is 14.8. The molecule has 0 saturated carbocycles. The van der Waals surface area contributed by atoms with E-state index in [4.69, 9.17) is 48.4 Å². The van der Waals surface area contributed by atoms with Crippen molar-refractivity contribution in [2.24, 2.45) is 0 Å². The average Bonchev–Trinajstić information content (AvgIpc) is 3.56. The number of ether oxygens (including phenoxy) is 6. The zero-order chi connectivity index (χ0) is 30.6. The lowest BCUT2D eigenvalue weighted by Gasteiger charge is -2.18.